The number of carbonyl (C=O) groups is 2. The van der Waals surface area contributed by atoms with Crippen LogP contribution in [0, 0.1) is 17.8 Å². The zero-order chi connectivity index (χ0) is 32.3. The third kappa shape index (κ3) is 12.1. The van der Waals surface area contributed by atoms with Gasteiger partial charge in [0.25, 0.3) is 0 Å². The number of allylic oxidation sites excluding steroid dienone is 5. The molecule has 0 aliphatic carbocycles. The molecule has 9 nitrogen and oxygen atoms in total. The van der Waals surface area contributed by atoms with Gasteiger partial charge in [0.1, 0.15) is 5.60 Å². The SMILES string of the molecule is CCC(O)CCC(C)(O)C(/C=C/C(C)C(=O)/C(C)=C/C=C/C(C)CC1OC1C(C)C(O)CC)OC(=O)N1CCC(O)CC1. The van der Waals surface area contributed by atoms with E-state index in [1.807, 2.05) is 32.9 Å². The van der Waals surface area contributed by atoms with Crippen molar-refractivity contribution in [3.05, 3.63) is 36.0 Å². The summed E-state index contributed by atoms with van der Waals surface area (Å²) in [7, 11) is 0. The van der Waals surface area contributed by atoms with Gasteiger partial charge in [0, 0.05) is 24.9 Å². The van der Waals surface area contributed by atoms with Crippen molar-refractivity contribution in [1.82, 2.24) is 4.90 Å². The Morgan fingerprint density at radius 3 is 2.33 bits per heavy atom. The van der Waals surface area contributed by atoms with Gasteiger partial charge < -0.3 is 34.8 Å². The van der Waals surface area contributed by atoms with Crippen LogP contribution in [0.1, 0.15) is 93.4 Å². The summed E-state index contributed by atoms with van der Waals surface area (Å²) in [6, 6.07) is 0. The Kier molecular flexibility index (Phi) is 15.1. The number of ether oxygens (including phenoxy) is 2. The zero-order valence-corrected chi connectivity index (χ0v) is 27.3. The van der Waals surface area contributed by atoms with E-state index in [4.69, 9.17) is 9.47 Å². The standard InChI is InChI=1S/C34H57NO8/c1-8-26(36)15-18-34(7,41)30(43-33(40)35-19-16-27(37)17-20-35)14-13-24(5)31(39)23(4)12-10-11-22(3)21-29-32(42-29)25(6)28(38)9-2/h10-14,22,24-30,32,36-38,41H,8-9,15-21H2,1-7H3/b11-10+,14-13+,23-12+. The molecule has 0 aromatic heterocycles. The quantitative estimate of drug-likeness (QED) is 0.0807. The van der Waals surface area contributed by atoms with Crippen molar-refractivity contribution in [3.63, 3.8) is 0 Å². The van der Waals surface area contributed by atoms with Crippen LogP contribution in [0.2, 0.25) is 0 Å². The summed E-state index contributed by atoms with van der Waals surface area (Å²) in [4.78, 5) is 27.5. The average molecular weight is 608 g/mol. The van der Waals surface area contributed by atoms with Crippen molar-refractivity contribution >= 4 is 11.9 Å². The van der Waals surface area contributed by atoms with Crippen LogP contribution in [0.5, 0.6) is 0 Å². The fraction of sp³-hybridized carbons (Fsp3) is 0.765. The Hall–Kier alpha value is -2.04. The molecule has 9 heteroatoms. The van der Waals surface area contributed by atoms with Crippen molar-refractivity contribution in [1.29, 1.82) is 0 Å². The fourth-order valence-corrected chi connectivity index (χ4v) is 5.44. The van der Waals surface area contributed by atoms with Gasteiger partial charge in [0.15, 0.2) is 11.9 Å². The van der Waals surface area contributed by atoms with Gasteiger partial charge in [-0.2, -0.15) is 0 Å². The van der Waals surface area contributed by atoms with Crippen LogP contribution in [0.3, 0.4) is 0 Å². The Morgan fingerprint density at radius 1 is 1.07 bits per heavy atom. The first kappa shape index (κ1) is 37.1. The van der Waals surface area contributed by atoms with Gasteiger partial charge in [0.2, 0.25) is 0 Å². The smallest absolute Gasteiger partial charge is 0.410 e. The van der Waals surface area contributed by atoms with E-state index in [1.165, 1.54) is 4.90 Å². The Morgan fingerprint density at radius 2 is 1.72 bits per heavy atom. The predicted molar refractivity (Wildman–Crippen MR) is 167 cm³/mol. The van der Waals surface area contributed by atoms with Crippen LogP contribution in [0.4, 0.5) is 4.79 Å². The van der Waals surface area contributed by atoms with Crippen LogP contribution >= 0.6 is 0 Å². The topological polar surface area (TPSA) is 140 Å². The molecule has 2 heterocycles. The number of ketones is 1. The van der Waals surface area contributed by atoms with E-state index in [0.717, 1.165) is 6.42 Å². The zero-order valence-electron chi connectivity index (χ0n) is 27.3. The molecule has 1 amide bonds. The second kappa shape index (κ2) is 17.4. The normalized spacial score (nSPS) is 25.7. The van der Waals surface area contributed by atoms with Gasteiger partial charge in [0.05, 0.1) is 30.5 Å². The van der Waals surface area contributed by atoms with Crippen molar-refractivity contribution in [2.45, 2.75) is 136 Å². The molecule has 2 fully saturated rings. The number of hydrogen-bond donors (Lipinski definition) is 4. The highest BCUT2D eigenvalue weighted by atomic mass is 16.6. The predicted octanol–water partition coefficient (Wildman–Crippen LogP) is 4.71. The molecule has 4 N–H and O–H groups in total. The molecular formula is C34H57NO8. The molecular weight excluding hydrogens is 550 g/mol. The number of nitrogens with zero attached hydrogens (tertiary/aromatic N) is 1. The van der Waals surface area contributed by atoms with Gasteiger partial charge in [-0.05, 0) is 76.4 Å². The Labute approximate surface area is 258 Å². The first-order valence-electron chi connectivity index (χ1n) is 16.1. The molecule has 43 heavy (non-hydrogen) atoms. The van der Waals surface area contributed by atoms with Crippen molar-refractivity contribution < 1.29 is 39.5 Å². The number of amides is 1. The van der Waals surface area contributed by atoms with E-state index in [2.05, 4.69) is 6.92 Å². The molecule has 0 bridgehead atoms. The van der Waals surface area contributed by atoms with Gasteiger partial charge in [-0.1, -0.05) is 58.9 Å². The third-order valence-electron chi connectivity index (χ3n) is 8.95. The Balaban J connectivity index is 2.00. The summed E-state index contributed by atoms with van der Waals surface area (Å²) in [5, 5.41) is 41.1. The molecule has 2 saturated heterocycles. The minimum absolute atomic E-state index is 0.0855. The monoisotopic (exact) mass is 607 g/mol. The number of carbonyl (C=O) groups excluding carboxylic acids is 2. The highest BCUT2D eigenvalue weighted by Gasteiger charge is 2.45. The van der Waals surface area contributed by atoms with E-state index >= 15 is 0 Å². The number of hydrogen-bond acceptors (Lipinski definition) is 8. The number of piperidine rings is 1. The highest BCUT2D eigenvalue weighted by Crippen LogP contribution is 2.36. The summed E-state index contributed by atoms with van der Waals surface area (Å²) >= 11 is 0. The lowest BCUT2D eigenvalue weighted by Gasteiger charge is -2.35. The summed E-state index contributed by atoms with van der Waals surface area (Å²) in [6.07, 6.45) is 9.87. The van der Waals surface area contributed by atoms with Crippen LogP contribution in [-0.4, -0.2) is 92.5 Å². The van der Waals surface area contributed by atoms with E-state index < -0.39 is 35.9 Å². The summed E-state index contributed by atoms with van der Waals surface area (Å²) < 4.78 is 11.5. The summed E-state index contributed by atoms with van der Waals surface area (Å²) in [5.74, 6) is -0.228. The first-order valence-corrected chi connectivity index (χ1v) is 16.1. The van der Waals surface area contributed by atoms with Crippen molar-refractivity contribution in [2.24, 2.45) is 17.8 Å². The molecule has 246 valence electrons. The molecule has 0 spiro atoms. The largest absolute Gasteiger partial charge is 0.439 e. The third-order valence-corrected chi connectivity index (χ3v) is 8.95. The lowest BCUT2D eigenvalue weighted by Crippen LogP contribution is -2.47. The molecule has 9 unspecified atom stereocenters. The van der Waals surface area contributed by atoms with Gasteiger partial charge in [-0.3, -0.25) is 4.79 Å². The summed E-state index contributed by atoms with van der Waals surface area (Å²) in [6.45, 7) is 13.8. The van der Waals surface area contributed by atoms with Crippen LogP contribution in [-0.2, 0) is 14.3 Å². The van der Waals surface area contributed by atoms with Crippen molar-refractivity contribution in [3.8, 4) is 0 Å². The number of rotatable bonds is 17. The minimum atomic E-state index is -1.46. The molecule has 0 radical (unpaired) electrons. The lowest BCUT2D eigenvalue weighted by molar-refractivity contribution is -0.117. The maximum Gasteiger partial charge on any atom is 0.410 e. The molecule has 2 aliphatic heterocycles. The van der Waals surface area contributed by atoms with Gasteiger partial charge >= 0.3 is 6.09 Å². The molecule has 2 rings (SSSR count). The highest BCUT2D eigenvalue weighted by molar-refractivity contribution is 5.97. The van der Waals surface area contributed by atoms with Crippen LogP contribution < -0.4 is 0 Å². The van der Waals surface area contributed by atoms with E-state index in [9.17, 15) is 30.0 Å². The molecule has 0 aromatic rings. The van der Waals surface area contributed by atoms with Gasteiger partial charge in [-0.25, -0.2) is 4.79 Å². The van der Waals surface area contributed by atoms with Crippen molar-refractivity contribution in [2.75, 3.05) is 13.1 Å². The fourth-order valence-electron chi connectivity index (χ4n) is 5.44. The molecule has 0 saturated carbocycles. The number of likely N-dealkylation sites (tertiary alicyclic amines) is 1. The second-order valence-electron chi connectivity index (χ2n) is 12.9. The first-order chi connectivity index (χ1) is 20.2. The second-order valence-corrected chi connectivity index (χ2v) is 12.9. The van der Waals surface area contributed by atoms with Crippen LogP contribution in [0.15, 0.2) is 36.0 Å². The minimum Gasteiger partial charge on any atom is -0.439 e. The Bertz CT molecular complexity index is 967. The lowest BCUT2D eigenvalue weighted by atomic mass is 9.89. The number of aliphatic hydroxyl groups is 4. The average Bonchev–Trinajstić information content (AvgIpc) is 3.75. The number of aliphatic hydroxyl groups excluding tert-OH is 3. The van der Waals surface area contributed by atoms with E-state index in [0.29, 0.717) is 50.8 Å². The summed E-state index contributed by atoms with van der Waals surface area (Å²) in [5.41, 5.74) is -0.875. The maximum atomic E-state index is 13.1. The van der Waals surface area contributed by atoms with E-state index in [1.54, 1.807) is 39.0 Å². The molecule has 2 aliphatic rings. The molecule has 9 atom stereocenters. The van der Waals surface area contributed by atoms with E-state index in [-0.39, 0.29) is 42.4 Å². The molecule has 0 aromatic carbocycles. The van der Waals surface area contributed by atoms with Crippen LogP contribution in [0.25, 0.3) is 0 Å². The van der Waals surface area contributed by atoms with Gasteiger partial charge in [-0.15, -0.1) is 0 Å². The number of epoxide rings is 1. The maximum absolute atomic E-state index is 13.1. The number of Topliss-reactive ketones (excluding diaryl/α,β-unsaturated/α-hetero) is 1.